The number of thiophene rings is 1. The van der Waals surface area contributed by atoms with Gasteiger partial charge in [-0.25, -0.2) is 0 Å². The lowest BCUT2D eigenvalue weighted by Gasteiger charge is -2.38. The second-order valence-corrected chi connectivity index (χ2v) is 7.21. The number of aryl methyl sites for hydroxylation is 2. The highest BCUT2D eigenvalue weighted by Gasteiger charge is 2.36. The van der Waals surface area contributed by atoms with Crippen molar-refractivity contribution in [3.63, 3.8) is 0 Å². The van der Waals surface area contributed by atoms with E-state index in [1.807, 2.05) is 11.3 Å². The van der Waals surface area contributed by atoms with Gasteiger partial charge in [0.1, 0.15) is 0 Å². The molecule has 2 unspecified atom stereocenters. The van der Waals surface area contributed by atoms with E-state index < -0.39 is 0 Å². The van der Waals surface area contributed by atoms with Gasteiger partial charge in [-0.05, 0) is 54.2 Å². The third kappa shape index (κ3) is 2.36. The van der Waals surface area contributed by atoms with Crippen LogP contribution in [0.2, 0.25) is 0 Å². The quantitative estimate of drug-likeness (QED) is 0.657. The molecule has 118 valence electrons. The molecule has 0 bridgehead atoms. The van der Waals surface area contributed by atoms with Gasteiger partial charge in [-0.3, -0.25) is 0 Å². The maximum Gasteiger partial charge on any atom is 0.157 e. The Hall–Kier alpha value is -1.04. The van der Waals surface area contributed by atoms with Gasteiger partial charge < -0.3 is 15.5 Å². The average Bonchev–Trinajstić information content (AvgIpc) is 2.91. The van der Waals surface area contributed by atoms with Crippen LogP contribution in [0, 0.1) is 0 Å². The molecule has 0 amide bonds. The number of aromatic hydroxyl groups is 2. The summed E-state index contributed by atoms with van der Waals surface area (Å²) < 4.78 is 0. The summed E-state index contributed by atoms with van der Waals surface area (Å²) in [5.41, 5.74) is 3.77. The van der Waals surface area contributed by atoms with Crippen LogP contribution in [0.4, 0.5) is 0 Å². The minimum absolute atomic E-state index is 0. The molecule has 2 aliphatic rings. The number of phenolic OH excluding ortho intramolecular Hbond substituents is 2. The molecule has 4 rings (SSSR count). The fourth-order valence-corrected chi connectivity index (χ4v) is 4.85. The predicted molar refractivity (Wildman–Crippen MR) is 94.6 cm³/mol. The van der Waals surface area contributed by atoms with Gasteiger partial charge in [0, 0.05) is 28.3 Å². The number of rotatable bonds is 1. The zero-order chi connectivity index (χ0) is 14.6. The first-order chi connectivity index (χ1) is 10.2. The summed E-state index contributed by atoms with van der Waals surface area (Å²) in [7, 11) is 0. The Morgan fingerprint density at radius 3 is 2.73 bits per heavy atom. The van der Waals surface area contributed by atoms with Crippen molar-refractivity contribution in [3.8, 4) is 11.5 Å². The van der Waals surface area contributed by atoms with Crippen molar-refractivity contribution in [2.45, 2.75) is 44.7 Å². The smallest absolute Gasteiger partial charge is 0.157 e. The van der Waals surface area contributed by atoms with Crippen LogP contribution in [0.5, 0.6) is 11.5 Å². The summed E-state index contributed by atoms with van der Waals surface area (Å²) in [6.07, 6.45) is 3.11. The van der Waals surface area contributed by atoms with E-state index in [-0.39, 0.29) is 28.5 Å². The van der Waals surface area contributed by atoms with Crippen LogP contribution >= 0.6 is 28.3 Å². The normalized spacial score (nSPS) is 22.2. The minimum Gasteiger partial charge on any atom is -0.504 e. The molecule has 0 saturated carbocycles. The maximum absolute atomic E-state index is 9.90. The lowest BCUT2D eigenvalue weighted by Crippen LogP contribution is -2.41. The van der Waals surface area contributed by atoms with Gasteiger partial charge >= 0.3 is 0 Å². The minimum atomic E-state index is -0.00697. The van der Waals surface area contributed by atoms with Crippen molar-refractivity contribution in [2.24, 2.45) is 0 Å². The van der Waals surface area contributed by atoms with E-state index in [4.69, 9.17) is 0 Å². The number of benzene rings is 1. The molecule has 0 spiro atoms. The third-order valence-electron chi connectivity index (χ3n) is 4.80. The first-order valence-corrected chi connectivity index (χ1v) is 8.38. The van der Waals surface area contributed by atoms with Crippen molar-refractivity contribution < 1.29 is 10.2 Å². The highest BCUT2D eigenvalue weighted by molar-refractivity contribution is 8.93. The van der Waals surface area contributed by atoms with Crippen molar-refractivity contribution in [3.05, 3.63) is 44.6 Å². The van der Waals surface area contributed by atoms with Crippen LogP contribution in [0.3, 0.4) is 0 Å². The van der Waals surface area contributed by atoms with Crippen LogP contribution in [0.25, 0.3) is 0 Å². The summed E-state index contributed by atoms with van der Waals surface area (Å²) in [5, 5.41) is 23.3. The fraction of sp³-hybridized carbons (Fsp3) is 0.412. The van der Waals surface area contributed by atoms with Crippen molar-refractivity contribution in [1.29, 1.82) is 0 Å². The first kappa shape index (κ1) is 15.8. The van der Waals surface area contributed by atoms with E-state index in [0.29, 0.717) is 12.0 Å². The lowest BCUT2D eigenvalue weighted by atomic mass is 9.74. The molecule has 0 radical (unpaired) electrons. The summed E-state index contributed by atoms with van der Waals surface area (Å²) in [6, 6.07) is 6.29. The second-order valence-electron chi connectivity index (χ2n) is 5.99. The number of nitrogens with one attached hydrogen (secondary N) is 1. The highest BCUT2D eigenvalue weighted by atomic mass is 79.9. The van der Waals surface area contributed by atoms with E-state index in [1.54, 1.807) is 12.1 Å². The molecular weight excluding hydrogens is 362 g/mol. The number of halogens is 1. The molecule has 1 aliphatic heterocycles. The van der Waals surface area contributed by atoms with E-state index in [9.17, 15) is 10.2 Å². The summed E-state index contributed by atoms with van der Waals surface area (Å²) in [4.78, 5) is 2.85. The van der Waals surface area contributed by atoms with E-state index >= 15 is 0 Å². The summed E-state index contributed by atoms with van der Waals surface area (Å²) in [6.45, 7) is 3.15. The Labute approximate surface area is 144 Å². The molecule has 3 nitrogen and oxygen atoms in total. The van der Waals surface area contributed by atoms with Gasteiger partial charge in [-0.2, -0.15) is 0 Å². The molecule has 2 atom stereocenters. The van der Waals surface area contributed by atoms with Gasteiger partial charge in [-0.15, -0.1) is 28.3 Å². The zero-order valence-corrected chi connectivity index (χ0v) is 15.0. The van der Waals surface area contributed by atoms with E-state index in [1.165, 1.54) is 26.4 Å². The molecule has 1 aliphatic carbocycles. The van der Waals surface area contributed by atoms with Crippen LogP contribution < -0.4 is 5.32 Å². The molecular formula is C17H20BrNO2S. The fourth-order valence-electron chi connectivity index (χ4n) is 3.74. The summed E-state index contributed by atoms with van der Waals surface area (Å²) in [5.74, 6) is 0.295. The van der Waals surface area contributed by atoms with E-state index in [0.717, 1.165) is 25.8 Å². The molecule has 0 saturated heterocycles. The van der Waals surface area contributed by atoms with Gasteiger partial charge in [0.25, 0.3) is 0 Å². The monoisotopic (exact) mass is 381 g/mol. The summed E-state index contributed by atoms with van der Waals surface area (Å²) >= 11 is 1.90. The number of hydrogen-bond donors (Lipinski definition) is 3. The molecule has 5 heteroatoms. The Kier molecular flexibility index (Phi) is 4.23. The van der Waals surface area contributed by atoms with Crippen LogP contribution in [-0.4, -0.2) is 16.3 Å². The highest BCUT2D eigenvalue weighted by Crippen LogP contribution is 2.46. The van der Waals surface area contributed by atoms with Crippen molar-refractivity contribution >= 4 is 28.3 Å². The number of phenols is 2. The van der Waals surface area contributed by atoms with Gasteiger partial charge in [0.15, 0.2) is 11.5 Å². The average molecular weight is 382 g/mol. The Morgan fingerprint density at radius 1 is 1.18 bits per heavy atom. The number of fused-ring (bicyclic) bond motifs is 5. The Bertz CT molecular complexity index is 713. The Morgan fingerprint density at radius 2 is 1.95 bits per heavy atom. The predicted octanol–water partition coefficient (Wildman–Crippen LogP) is 3.85. The molecule has 3 N–H and O–H groups in total. The third-order valence-corrected chi connectivity index (χ3v) is 6.09. The standard InChI is InChI=1S/C17H19NO2S.BrH/c1-2-10-6-12-16(21-10)8-18-13-4-3-9-5-14(19)15(20)7-11(9)17(12)13;/h5-7,13,17-20H,2-4,8H2,1H3;1H. The number of hydrogen-bond acceptors (Lipinski definition) is 4. The molecule has 22 heavy (non-hydrogen) atoms. The van der Waals surface area contributed by atoms with Gasteiger partial charge in [-0.1, -0.05) is 6.92 Å². The molecule has 1 aromatic heterocycles. The van der Waals surface area contributed by atoms with Crippen LogP contribution in [0.15, 0.2) is 18.2 Å². The molecule has 2 aromatic rings. The largest absolute Gasteiger partial charge is 0.504 e. The van der Waals surface area contributed by atoms with Crippen molar-refractivity contribution in [2.75, 3.05) is 0 Å². The SMILES string of the molecule is Br.CCc1cc2c(s1)CNC1CCc3cc(O)c(O)cc3C21. The van der Waals surface area contributed by atoms with Gasteiger partial charge in [0.05, 0.1) is 0 Å². The molecule has 1 aromatic carbocycles. The first-order valence-electron chi connectivity index (χ1n) is 7.57. The topological polar surface area (TPSA) is 52.5 Å². The lowest BCUT2D eigenvalue weighted by molar-refractivity contribution is 0.382. The van der Waals surface area contributed by atoms with Crippen LogP contribution in [0.1, 0.15) is 45.7 Å². The van der Waals surface area contributed by atoms with Crippen LogP contribution in [-0.2, 0) is 19.4 Å². The van der Waals surface area contributed by atoms with Crippen molar-refractivity contribution in [1.82, 2.24) is 5.32 Å². The molecule has 0 fully saturated rings. The van der Waals surface area contributed by atoms with Gasteiger partial charge in [0.2, 0.25) is 0 Å². The van der Waals surface area contributed by atoms with E-state index in [2.05, 4.69) is 18.3 Å². The molecule has 2 heterocycles. The zero-order valence-electron chi connectivity index (χ0n) is 12.4. The second kappa shape index (κ2) is 5.87. The Balaban J connectivity index is 0.00000144. The maximum atomic E-state index is 9.90.